The number of carbonyl (C=O) groups is 1. The molecule has 2 heterocycles. The Labute approximate surface area is 104 Å². The second-order valence-corrected chi connectivity index (χ2v) is 3.90. The van der Waals surface area contributed by atoms with Crippen LogP contribution in [0.15, 0.2) is 24.5 Å². The molecule has 0 aliphatic rings. The van der Waals surface area contributed by atoms with Crippen molar-refractivity contribution in [3.05, 3.63) is 30.1 Å². The number of hydrogen-bond donors (Lipinski definition) is 1. The Bertz CT molecular complexity index is 562. The van der Waals surface area contributed by atoms with Gasteiger partial charge in [-0.3, -0.25) is 0 Å². The van der Waals surface area contributed by atoms with Crippen LogP contribution in [0.25, 0.3) is 5.52 Å². The van der Waals surface area contributed by atoms with E-state index in [-0.39, 0.29) is 6.61 Å². The van der Waals surface area contributed by atoms with Crippen LogP contribution in [0, 0.1) is 0 Å². The molecule has 0 aromatic carbocycles. The standard InChI is InChI=1S/C12H14N2O4/c1-8(15)7-18-9-3-4-11-10(12(16)17-2)5-13-14(11)6-9/h3-6,8,15H,7H2,1-2H3. The van der Waals surface area contributed by atoms with Gasteiger partial charge in [-0.15, -0.1) is 0 Å². The number of aliphatic hydroxyl groups excluding tert-OH is 1. The minimum absolute atomic E-state index is 0.205. The Morgan fingerprint density at radius 3 is 3.00 bits per heavy atom. The summed E-state index contributed by atoms with van der Waals surface area (Å²) in [7, 11) is 1.33. The lowest BCUT2D eigenvalue weighted by Gasteiger charge is -2.08. The number of carbonyl (C=O) groups excluding carboxylic acids is 1. The molecule has 2 aromatic heterocycles. The maximum Gasteiger partial charge on any atom is 0.341 e. The molecule has 6 heteroatoms. The topological polar surface area (TPSA) is 73.1 Å². The monoisotopic (exact) mass is 250 g/mol. The summed E-state index contributed by atoms with van der Waals surface area (Å²) < 4.78 is 11.5. The molecule has 1 unspecified atom stereocenters. The fourth-order valence-corrected chi connectivity index (χ4v) is 1.53. The maximum atomic E-state index is 11.4. The zero-order valence-electron chi connectivity index (χ0n) is 10.2. The summed E-state index contributed by atoms with van der Waals surface area (Å²) in [4.78, 5) is 11.4. The Morgan fingerprint density at radius 1 is 1.56 bits per heavy atom. The molecule has 0 radical (unpaired) electrons. The molecule has 1 atom stereocenters. The van der Waals surface area contributed by atoms with Gasteiger partial charge in [-0.25, -0.2) is 9.31 Å². The van der Waals surface area contributed by atoms with Crippen molar-refractivity contribution in [3.8, 4) is 5.75 Å². The van der Waals surface area contributed by atoms with E-state index in [9.17, 15) is 4.79 Å². The van der Waals surface area contributed by atoms with Gasteiger partial charge in [-0.2, -0.15) is 5.10 Å². The van der Waals surface area contributed by atoms with Crippen molar-refractivity contribution in [3.63, 3.8) is 0 Å². The fourth-order valence-electron chi connectivity index (χ4n) is 1.53. The lowest BCUT2D eigenvalue weighted by molar-refractivity contribution is 0.0603. The molecular formula is C12H14N2O4. The number of ether oxygens (including phenoxy) is 2. The third-order valence-electron chi connectivity index (χ3n) is 2.39. The highest BCUT2D eigenvalue weighted by atomic mass is 16.5. The average molecular weight is 250 g/mol. The summed E-state index contributed by atoms with van der Waals surface area (Å²) in [6.07, 6.45) is 2.55. The summed E-state index contributed by atoms with van der Waals surface area (Å²) >= 11 is 0. The summed E-state index contributed by atoms with van der Waals surface area (Å²) in [5, 5.41) is 13.2. The smallest absolute Gasteiger partial charge is 0.341 e. The van der Waals surface area contributed by atoms with Crippen LogP contribution in [0.4, 0.5) is 0 Å². The molecule has 0 spiro atoms. The Morgan fingerprint density at radius 2 is 2.33 bits per heavy atom. The number of aromatic nitrogens is 2. The molecule has 18 heavy (non-hydrogen) atoms. The number of aliphatic hydroxyl groups is 1. The summed E-state index contributed by atoms with van der Waals surface area (Å²) in [5.74, 6) is 0.144. The number of rotatable bonds is 4. The van der Waals surface area contributed by atoms with Crippen molar-refractivity contribution in [2.24, 2.45) is 0 Å². The van der Waals surface area contributed by atoms with Crippen molar-refractivity contribution >= 4 is 11.5 Å². The van der Waals surface area contributed by atoms with Gasteiger partial charge in [0.05, 0.1) is 31.1 Å². The predicted octanol–water partition coefficient (Wildman–Crippen LogP) is 0.880. The van der Waals surface area contributed by atoms with Crippen LogP contribution in [-0.2, 0) is 4.74 Å². The van der Waals surface area contributed by atoms with Crippen molar-refractivity contribution in [1.82, 2.24) is 9.61 Å². The molecule has 0 fully saturated rings. The SMILES string of the molecule is COC(=O)c1cnn2cc(OCC(C)O)ccc12. The van der Waals surface area contributed by atoms with E-state index in [1.54, 1.807) is 25.3 Å². The highest BCUT2D eigenvalue weighted by molar-refractivity contribution is 5.96. The second-order valence-electron chi connectivity index (χ2n) is 3.90. The van der Waals surface area contributed by atoms with Gasteiger partial charge in [0.1, 0.15) is 17.9 Å². The summed E-state index contributed by atoms with van der Waals surface area (Å²) in [5.41, 5.74) is 1.05. The summed E-state index contributed by atoms with van der Waals surface area (Å²) in [6.45, 7) is 1.85. The van der Waals surface area contributed by atoms with Gasteiger partial charge in [0.15, 0.2) is 0 Å². The molecule has 0 amide bonds. The van der Waals surface area contributed by atoms with E-state index in [2.05, 4.69) is 9.84 Å². The van der Waals surface area contributed by atoms with E-state index in [1.165, 1.54) is 17.8 Å². The quantitative estimate of drug-likeness (QED) is 0.815. The fraction of sp³-hybridized carbons (Fsp3) is 0.333. The largest absolute Gasteiger partial charge is 0.489 e. The Hall–Kier alpha value is -2.08. The van der Waals surface area contributed by atoms with Gasteiger partial charge in [-0.05, 0) is 19.1 Å². The molecule has 0 saturated heterocycles. The third kappa shape index (κ3) is 2.43. The van der Waals surface area contributed by atoms with E-state index in [4.69, 9.17) is 9.84 Å². The third-order valence-corrected chi connectivity index (χ3v) is 2.39. The number of nitrogens with zero attached hydrogens (tertiary/aromatic N) is 2. The Kier molecular flexibility index (Phi) is 3.47. The first-order valence-corrected chi connectivity index (χ1v) is 5.48. The molecule has 0 aliphatic heterocycles. The van der Waals surface area contributed by atoms with Crippen LogP contribution in [0.5, 0.6) is 5.75 Å². The van der Waals surface area contributed by atoms with E-state index in [0.717, 1.165) is 0 Å². The molecule has 96 valence electrons. The van der Waals surface area contributed by atoms with Gasteiger partial charge in [0.25, 0.3) is 0 Å². The molecule has 2 rings (SSSR count). The summed E-state index contributed by atoms with van der Waals surface area (Å²) in [6, 6.07) is 3.43. The van der Waals surface area contributed by atoms with Crippen molar-refractivity contribution in [2.75, 3.05) is 13.7 Å². The minimum atomic E-state index is -0.538. The average Bonchev–Trinajstić information content (AvgIpc) is 2.78. The molecular weight excluding hydrogens is 236 g/mol. The number of methoxy groups -OCH3 is 1. The lowest BCUT2D eigenvalue weighted by Crippen LogP contribution is -2.13. The van der Waals surface area contributed by atoms with Crippen LogP contribution in [0.3, 0.4) is 0 Å². The first-order valence-electron chi connectivity index (χ1n) is 5.48. The normalized spacial score (nSPS) is 12.4. The number of pyridine rings is 1. The van der Waals surface area contributed by atoms with E-state index in [0.29, 0.717) is 16.8 Å². The van der Waals surface area contributed by atoms with Gasteiger partial charge in [0.2, 0.25) is 0 Å². The molecule has 0 aliphatic carbocycles. The second kappa shape index (κ2) is 5.05. The molecule has 2 aromatic rings. The van der Waals surface area contributed by atoms with Gasteiger partial charge in [-0.1, -0.05) is 0 Å². The van der Waals surface area contributed by atoms with Crippen molar-refractivity contribution in [1.29, 1.82) is 0 Å². The van der Waals surface area contributed by atoms with Gasteiger partial charge >= 0.3 is 5.97 Å². The van der Waals surface area contributed by atoms with Crippen LogP contribution in [0.1, 0.15) is 17.3 Å². The molecule has 0 saturated carbocycles. The zero-order valence-corrected chi connectivity index (χ0v) is 10.2. The Balaban J connectivity index is 2.28. The van der Waals surface area contributed by atoms with Crippen LogP contribution >= 0.6 is 0 Å². The highest BCUT2D eigenvalue weighted by Crippen LogP contribution is 2.17. The van der Waals surface area contributed by atoms with Gasteiger partial charge in [0, 0.05) is 0 Å². The first kappa shape index (κ1) is 12.4. The van der Waals surface area contributed by atoms with Gasteiger partial charge < -0.3 is 14.6 Å². The first-order chi connectivity index (χ1) is 8.61. The van der Waals surface area contributed by atoms with Crippen LogP contribution < -0.4 is 4.74 Å². The number of fused-ring (bicyclic) bond motifs is 1. The highest BCUT2D eigenvalue weighted by Gasteiger charge is 2.13. The van der Waals surface area contributed by atoms with Crippen LogP contribution in [0.2, 0.25) is 0 Å². The maximum absolute atomic E-state index is 11.4. The minimum Gasteiger partial charge on any atom is -0.489 e. The van der Waals surface area contributed by atoms with E-state index < -0.39 is 12.1 Å². The zero-order chi connectivity index (χ0) is 13.1. The number of esters is 1. The van der Waals surface area contributed by atoms with Crippen LogP contribution in [-0.4, -0.2) is 40.5 Å². The molecule has 1 N–H and O–H groups in total. The van der Waals surface area contributed by atoms with Crippen molar-refractivity contribution in [2.45, 2.75) is 13.0 Å². The number of hydrogen-bond acceptors (Lipinski definition) is 5. The predicted molar refractivity (Wildman–Crippen MR) is 63.7 cm³/mol. The van der Waals surface area contributed by atoms with Crippen molar-refractivity contribution < 1.29 is 19.4 Å². The van der Waals surface area contributed by atoms with E-state index in [1.807, 2.05) is 0 Å². The lowest BCUT2D eigenvalue weighted by atomic mass is 10.2. The van der Waals surface area contributed by atoms with E-state index >= 15 is 0 Å². The molecule has 6 nitrogen and oxygen atoms in total. The molecule has 0 bridgehead atoms.